The molecule has 1 fully saturated rings. The van der Waals surface area contributed by atoms with Gasteiger partial charge in [-0.1, -0.05) is 67.1 Å². The van der Waals surface area contributed by atoms with E-state index in [0.717, 1.165) is 12.5 Å². The first kappa shape index (κ1) is 16.0. The monoisotopic (exact) mass is 337 g/mol. The average molecular weight is 338 g/mol. The second-order valence-corrected chi connectivity index (χ2v) is 7.13. The molecule has 20 heavy (non-hydrogen) atoms. The van der Waals surface area contributed by atoms with Crippen molar-refractivity contribution in [3.63, 3.8) is 0 Å². The second-order valence-electron chi connectivity index (χ2n) is 6.27. The Hall–Kier alpha value is -0.340. The van der Waals surface area contributed by atoms with Gasteiger partial charge in [0.05, 0.1) is 0 Å². The number of hydrogen-bond donors (Lipinski definition) is 1. The fourth-order valence-electron chi connectivity index (χ4n) is 3.31. The van der Waals surface area contributed by atoms with Crippen molar-refractivity contribution in [2.75, 3.05) is 6.54 Å². The fourth-order valence-corrected chi connectivity index (χ4v) is 4.08. The van der Waals surface area contributed by atoms with Crippen LogP contribution >= 0.6 is 15.9 Å². The van der Waals surface area contributed by atoms with Crippen LogP contribution < -0.4 is 5.32 Å². The SMILES string of the molecule is CCCNC(CC1CCCCC1)c1ccc(C)cc1Br. The van der Waals surface area contributed by atoms with Gasteiger partial charge >= 0.3 is 0 Å². The molecule has 0 saturated heterocycles. The van der Waals surface area contributed by atoms with E-state index in [1.807, 2.05) is 0 Å². The molecule has 1 saturated carbocycles. The molecule has 0 spiro atoms. The van der Waals surface area contributed by atoms with Crippen LogP contribution in [0.5, 0.6) is 0 Å². The molecule has 1 nitrogen and oxygen atoms in total. The predicted molar refractivity (Wildman–Crippen MR) is 91.1 cm³/mol. The Morgan fingerprint density at radius 1 is 1.25 bits per heavy atom. The summed E-state index contributed by atoms with van der Waals surface area (Å²) in [7, 11) is 0. The first-order valence-corrected chi connectivity index (χ1v) is 8.99. The third-order valence-corrected chi connectivity index (χ3v) is 5.15. The van der Waals surface area contributed by atoms with Gasteiger partial charge in [-0.3, -0.25) is 0 Å². The largest absolute Gasteiger partial charge is 0.310 e. The topological polar surface area (TPSA) is 12.0 Å². The lowest BCUT2D eigenvalue weighted by molar-refractivity contribution is 0.299. The third-order valence-electron chi connectivity index (χ3n) is 4.47. The summed E-state index contributed by atoms with van der Waals surface area (Å²) in [4.78, 5) is 0. The van der Waals surface area contributed by atoms with Crippen molar-refractivity contribution in [2.45, 2.75) is 64.8 Å². The lowest BCUT2D eigenvalue weighted by atomic mass is 9.83. The number of rotatable bonds is 6. The summed E-state index contributed by atoms with van der Waals surface area (Å²) in [5.41, 5.74) is 2.77. The molecule has 0 heterocycles. The molecule has 1 aliphatic carbocycles. The summed E-state index contributed by atoms with van der Waals surface area (Å²) < 4.78 is 1.27. The predicted octanol–water partition coefficient (Wildman–Crippen LogP) is 5.77. The third kappa shape index (κ3) is 4.60. The smallest absolute Gasteiger partial charge is 0.0334 e. The molecule has 0 aliphatic heterocycles. The van der Waals surface area contributed by atoms with E-state index < -0.39 is 0 Å². The minimum Gasteiger partial charge on any atom is -0.310 e. The summed E-state index contributed by atoms with van der Waals surface area (Å²) in [6.07, 6.45) is 9.64. The van der Waals surface area contributed by atoms with Gasteiger partial charge in [-0.2, -0.15) is 0 Å². The normalized spacial score (nSPS) is 18.1. The van der Waals surface area contributed by atoms with Crippen LogP contribution in [0.3, 0.4) is 0 Å². The summed E-state index contributed by atoms with van der Waals surface area (Å²) in [6.45, 7) is 5.51. The minimum atomic E-state index is 0.507. The molecule has 0 radical (unpaired) electrons. The van der Waals surface area contributed by atoms with E-state index in [4.69, 9.17) is 0 Å². The first-order chi connectivity index (χ1) is 9.70. The lowest BCUT2D eigenvalue weighted by Gasteiger charge is -2.28. The maximum atomic E-state index is 3.76. The van der Waals surface area contributed by atoms with Gasteiger partial charge in [0.2, 0.25) is 0 Å². The van der Waals surface area contributed by atoms with Crippen molar-refractivity contribution in [3.05, 3.63) is 33.8 Å². The number of halogens is 1. The summed E-state index contributed by atoms with van der Waals surface area (Å²) in [6, 6.07) is 7.29. The van der Waals surface area contributed by atoms with Crippen molar-refractivity contribution in [1.82, 2.24) is 5.32 Å². The van der Waals surface area contributed by atoms with Crippen LogP contribution in [0, 0.1) is 12.8 Å². The van der Waals surface area contributed by atoms with Gasteiger partial charge in [0.15, 0.2) is 0 Å². The average Bonchev–Trinajstić information content (AvgIpc) is 2.45. The standard InChI is InChI=1S/C18H28BrN/c1-3-11-20-18(13-15-7-5-4-6-8-15)16-10-9-14(2)12-17(16)19/h9-10,12,15,18,20H,3-8,11,13H2,1-2H3. The molecular weight excluding hydrogens is 310 g/mol. The Bertz CT molecular complexity index is 410. The second kappa shape index (κ2) is 8.19. The van der Waals surface area contributed by atoms with Crippen molar-refractivity contribution in [3.8, 4) is 0 Å². The Morgan fingerprint density at radius 2 is 2.00 bits per heavy atom. The highest BCUT2D eigenvalue weighted by Crippen LogP contribution is 2.34. The Kier molecular flexibility index (Phi) is 6.57. The van der Waals surface area contributed by atoms with Gasteiger partial charge in [-0.05, 0) is 49.4 Å². The zero-order valence-corrected chi connectivity index (χ0v) is 14.5. The van der Waals surface area contributed by atoms with Crippen molar-refractivity contribution < 1.29 is 0 Å². The van der Waals surface area contributed by atoms with Crippen LogP contribution in [0.15, 0.2) is 22.7 Å². The molecule has 2 heteroatoms. The van der Waals surface area contributed by atoms with E-state index in [1.54, 1.807) is 0 Å². The van der Waals surface area contributed by atoms with Crippen LogP contribution in [-0.4, -0.2) is 6.54 Å². The maximum Gasteiger partial charge on any atom is 0.0334 e. The Morgan fingerprint density at radius 3 is 2.65 bits per heavy atom. The van der Waals surface area contributed by atoms with Crippen LogP contribution in [0.2, 0.25) is 0 Å². The maximum absolute atomic E-state index is 3.76. The quantitative estimate of drug-likeness (QED) is 0.694. The van der Waals surface area contributed by atoms with Crippen LogP contribution in [0.1, 0.15) is 69.0 Å². The molecule has 0 bridgehead atoms. The van der Waals surface area contributed by atoms with Crippen LogP contribution in [0.25, 0.3) is 0 Å². The molecule has 1 aliphatic rings. The highest BCUT2D eigenvalue weighted by atomic mass is 79.9. The Balaban J connectivity index is 2.08. The molecule has 0 aromatic heterocycles. The zero-order chi connectivity index (χ0) is 14.4. The van der Waals surface area contributed by atoms with Gasteiger partial charge in [-0.15, -0.1) is 0 Å². The van der Waals surface area contributed by atoms with E-state index in [-0.39, 0.29) is 0 Å². The van der Waals surface area contributed by atoms with Gasteiger partial charge < -0.3 is 5.32 Å². The van der Waals surface area contributed by atoms with Gasteiger partial charge in [0.25, 0.3) is 0 Å². The summed E-state index contributed by atoms with van der Waals surface area (Å²) in [5.74, 6) is 0.909. The summed E-state index contributed by atoms with van der Waals surface area (Å²) >= 11 is 3.76. The van der Waals surface area contributed by atoms with E-state index >= 15 is 0 Å². The molecular formula is C18H28BrN. The molecule has 1 aromatic rings. The van der Waals surface area contributed by atoms with E-state index in [0.29, 0.717) is 6.04 Å². The number of nitrogens with one attached hydrogen (secondary N) is 1. The number of aryl methyl sites for hydroxylation is 1. The molecule has 112 valence electrons. The number of benzene rings is 1. The fraction of sp³-hybridized carbons (Fsp3) is 0.667. The number of hydrogen-bond acceptors (Lipinski definition) is 1. The highest BCUT2D eigenvalue weighted by molar-refractivity contribution is 9.10. The van der Waals surface area contributed by atoms with Gasteiger partial charge in [0.1, 0.15) is 0 Å². The molecule has 1 atom stereocenters. The summed E-state index contributed by atoms with van der Waals surface area (Å²) in [5, 5.41) is 3.76. The van der Waals surface area contributed by atoms with Crippen LogP contribution in [-0.2, 0) is 0 Å². The van der Waals surface area contributed by atoms with Crippen LogP contribution in [0.4, 0.5) is 0 Å². The highest BCUT2D eigenvalue weighted by Gasteiger charge is 2.21. The van der Waals surface area contributed by atoms with E-state index in [1.165, 1.54) is 60.5 Å². The zero-order valence-electron chi connectivity index (χ0n) is 12.9. The molecule has 1 unspecified atom stereocenters. The molecule has 1 N–H and O–H groups in total. The molecule has 1 aromatic carbocycles. The van der Waals surface area contributed by atoms with E-state index in [2.05, 4.69) is 53.3 Å². The molecule has 0 amide bonds. The minimum absolute atomic E-state index is 0.507. The van der Waals surface area contributed by atoms with Gasteiger partial charge in [-0.25, -0.2) is 0 Å². The Labute approximate surface area is 132 Å². The van der Waals surface area contributed by atoms with Crippen molar-refractivity contribution in [1.29, 1.82) is 0 Å². The first-order valence-electron chi connectivity index (χ1n) is 8.20. The van der Waals surface area contributed by atoms with Crippen molar-refractivity contribution in [2.24, 2.45) is 5.92 Å². The van der Waals surface area contributed by atoms with Crippen molar-refractivity contribution >= 4 is 15.9 Å². The van der Waals surface area contributed by atoms with Gasteiger partial charge in [0, 0.05) is 10.5 Å². The molecule has 2 rings (SSSR count). The van der Waals surface area contributed by atoms with E-state index in [9.17, 15) is 0 Å². The lowest BCUT2D eigenvalue weighted by Crippen LogP contribution is -2.25.